The van der Waals surface area contributed by atoms with Gasteiger partial charge in [0.1, 0.15) is 11.1 Å². The van der Waals surface area contributed by atoms with E-state index in [1.807, 2.05) is 6.92 Å². The molecule has 0 saturated carbocycles. The van der Waals surface area contributed by atoms with Gasteiger partial charge < -0.3 is 15.8 Å². The third kappa shape index (κ3) is 4.51. The van der Waals surface area contributed by atoms with Crippen LogP contribution in [0.3, 0.4) is 0 Å². The van der Waals surface area contributed by atoms with E-state index in [0.717, 1.165) is 6.54 Å². The number of morpholine rings is 1. The van der Waals surface area contributed by atoms with Gasteiger partial charge in [0.05, 0.1) is 12.6 Å². The van der Waals surface area contributed by atoms with Gasteiger partial charge in [-0.1, -0.05) is 26.1 Å². The summed E-state index contributed by atoms with van der Waals surface area (Å²) in [5.74, 6) is 0.502. The number of thiocarbonyl (C=S) groups is 1. The highest BCUT2D eigenvalue weighted by molar-refractivity contribution is 7.80. The SMILES string of the molecule is CC(C)CNC(=O)C(C)N1CCOC(C(N)=S)C1. The molecule has 104 valence electrons. The first-order valence-electron chi connectivity index (χ1n) is 6.34. The van der Waals surface area contributed by atoms with Crippen molar-refractivity contribution in [1.82, 2.24) is 10.2 Å². The Morgan fingerprint density at radius 1 is 1.56 bits per heavy atom. The fourth-order valence-corrected chi connectivity index (χ4v) is 1.95. The van der Waals surface area contributed by atoms with Gasteiger partial charge in [-0.3, -0.25) is 9.69 Å². The van der Waals surface area contributed by atoms with Crippen molar-refractivity contribution < 1.29 is 9.53 Å². The van der Waals surface area contributed by atoms with E-state index in [-0.39, 0.29) is 18.1 Å². The van der Waals surface area contributed by atoms with E-state index in [9.17, 15) is 4.79 Å². The Hall–Kier alpha value is -0.720. The number of hydrogen-bond acceptors (Lipinski definition) is 4. The molecule has 0 aromatic carbocycles. The minimum absolute atomic E-state index is 0.0484. The first-order valence-corrected chi connectivity index (χ1v) is 6.75. The quantitative estimate of drug-likeness (QED) is 0.697. The molecule has 0 radical (unpaired) electrons. The second-order valence-electron chi connectivity index (χ2n) is 5.07. The zero-order chi connectivity index (χ0) is 13.7. The third-order valence-electron chi connectivity index (χ3n) is 3.03. The highest BCUT2D eigenvalue weighted by atomic mass is 32.1. The van der Waals surface area contributed by atoms with E-state index >= 15 is 0 Å². The molecular formula is C12H23N3O2S. The molecule has 0 aromatic rings. The molecule has 0 aromatic heterocycles. The van der Waals surface area contributed by atoms with Crippen LogP contribution in [0.25, 0.3) is 0 Å². The molecule has 2 atom stereocenters. The smallest absolute Gasteiger partial charge is 0.237 e. The number of ether oxygens (including phenoxy) is 1. The summed E-state index contributed by atoms with van der Waals surface area (Å²) >= 11 is 4.93. The Balaban J connectivity index is 2.47. The van der Waals surface area contributed by atoms with Gasteiger partial charge in [-0.15, -0.1) is 0 Å². The molecule has 1 rings (SSSR count). The Morgan fingerprint density at radius 3 is 2.78 bits per heavy atom. The zero-order valence-electron chi connectivity index (χ0n) is 11.3. The Bertz CT molecular complexity index is 310. The first-order chi connectivity index (χ1) is 8.41. The molecular weight excluding hydrogens is 250 g/mol. The standard InChI is InChI=1S/C12H23N3O2S/c1-8(2)6-14-12(16)9(3)15-4-5-17-10(7-15)11(13)18/h8-10H,4-7H2,1-3H3,(H2,13,18)(H,14,16). The van der Waals surface area contributed by atoms with Crippen molar-refractivity contribution >= 4 is 23.1 Å². The van der Waals surface area contributed by atoms with Crippen LogP contribution in [-0.4, -0.2) is 54.2 Å². The first kappa shape index (κ1) is 15.3. The molecule has 1 saturated heterocycles. The monoisotopic (exact) mass is 273 g/mol. The molecule has 2 unspecified atom stereocenters. The Kier molecular flexibility index (Phi) is 5.98. The average Bonchev–Trinajstić information content (AvgIpc) is 2.35. The number of nitrogens with two attached hydrogens (primary N) is 1. The van der Waals surface area contributed by atoms with Crippen LogP contribution in [0, 0.1) is 5.92 Å². The topological polar surface area (TPSA) is 67.6 Å². The van der Waals surface area contributed by atoms with Gasteiger partial charge in [0.2, 0.25) is 5.91 Å². The average molecular weight is 273 g/mol. The summed E-state index contributed by atoms with van der Waals surface area (Å²) in [5, 5.41) is 2.94. The molecule has 0 aliphatic carbocycles. The van der Waals surface area contributed by atoms with Crippen LogP contribution in [0.15, 0.2) is 0 Å². The lowest BCUT2D eigenvalue weighted by Gasteiger charge is -2.35. The van der Waals surface area contributed by atoms with Gasteiger partial charge in [0.15, 0.2) is 0 Å². The number of nitrogens with one attached hydrogen (secondary N) is 1. The zero-order valence-corrected chi connectivity index (χ0v) is 12.1. The lowest BCUT2D eigenvalue weighted by atomic mass is 10.1. The molecule has 3 N–H and O–H groups in total. The molecule has 5 nitrogen and oxygen atoms in total. The van der Waals surface area contributed by atoms with E-state index in [4.69, 9.17) is 22.7 Å². The summed E-state index contributed by atoms with van der Waals surface area (Å²) in [6, 6.07) is -0.176. The predicted molar refractivity (Wildman–Crippen MR) is 75.4 cm³/mol. The van der Waals surface area contributed by atoms with E-state index in [0.29, 0.717) is 30.6 Å². The molecule has 1 heterocycles. The summed E-state index contributed by atoms with van der Waals surface area (Å²) in [5.41, 5.74) is 5.58. The number of rotatable bonds is 5. The maximum atomic E-state index is 12.0. The maximum absolute atomic E-state index is 12.0. The van der Waals surface area contributed by atoms with E-state index in [1.165, 1.54) is 0 Å². The molecule has 0 spiro atoms. The number of carbonyl (C=O) groups excluding carboxylic acids is 1. The Labute approximate surface area is 114 Å². The highest BCUT2D eigenvalue weighted by Crippen LogP contribution is 2.09. The minimum Gasteiger partial charge on any atom is -0.391 e. The number of amides is 1. The molecule has 1 aliphatic heterocycles. The van der Waals surface area contributed by atoms with E-state index < -0.39 is 0 Å². The lowest BCUT2D eigenvalue weighted by Crippen LogP contribution is -2.54. The van der Waals surface area contributed by atoms with E-state index in [2.05, 4.69) is 24.1 Å². The molecule has 1 amide bonds. The molecule has 0 bridgehead atoms. The van der Waals surface area contributed by atoms with Gasteiger partial charge in [-0.25, -0.2) is 0 Å². The van der Waals surface area contributed by atoms with Crippen LogP contribution < -0.4 is 11.1 Å². The van der Waals surface area contributed by atoms with Crippen molar-refractivity contribution in [3.8, 4) is 0 Å². The van der Waals surface area contributed by atoms with Gasteiger partial charge in [0, 0.05) is 19.6 Å². The largest absolute Gasteiger partial charge is 0.391 e. The third-order valence-corrected chi connectivity index (χ3v) is 3.29. The van der Waals surface area contributed by atoms with Crippen LogP contribution in [0.1, 0.15) is 20.8 Å². The van der Waals surface area contributed by atoms with Gasteiger partial charge in [0.25, 0.3) is 0 Å². The molecule has 1 fully saturated rings. The fourth-order valence-electron chi connectivity index (χ4n) is 1.81. The fraction of sp³-hybridized carbons (Fsp3) is 0.833. The number of carbonyl (C=O) groups is 1. The summed E-state index contributed by atoms with van der Waals surface area (Å²) in [6.45, 7) is 8.62. The van der Waals surface area contributed by atoms with E-state index in [1.54, 1.807) is 0 Å². The normalized spacial score (nSPS) is 22.8. The maximum Gasteiger partial charge on any atom is 0.237 e. The predicted octanol–water partition coefficient (Wildman–Crippen LogP) is 0.134. The van der Waals surface area contributed by atoms with Crippen molar-refractivity contribution in [1.29, 1.82) is 0 Å². The van der Waals surface area contributed by atoms with Gasteiger partial charge >= 0.3 is 0 Å². The van der Waals surface area contributed by atoms with Crippen molar-refractivity contribution in [2.75, 3.05) is 26.2 Å². The lowest BCUT2D eigenvalue weighted by molar-refractivity contribution is -0.128. The van der Waals surface area contributed by atoms with Crippen LogP contribution in [0.2, 0.25) is 0 Å². The minimum atomic E-state index is -0.242. The highest BCUT2D eigenvalue weighted by Gasteiger charge is 2.28. The van der Waals surface area contributed by atoms with Crippen LogP contribution in [0.5, 0.6) is 0 Å². The van der Waals surface area contributed by atoms with Crippen molar-refractivity contribution in [3.05, 3.63) is 0 Å². The summed E-state index contributed by atoms with van der Waals surface area (Å²) in [7, 11) is 0. The second-order valence-corrected chi connectivity index (χ2v) is 5.54. The van der Waals surface area contributed by atoms with Crippen LogP contribution in [-0.2, 0) is 9.53 Å². The summed E-state index contributed by atoms with van der Waals surface area (Å²) in [6.07, 6.45) is -0.242. The van der Waals surface area contributed by atoms with Gasteiger partial charge in [-0.2, -0.15) is 0 Å². The van der Waals surface area contributed by atoms with Crippen LogP contribution in [0.4, 0.5) is 0 Å². The number of nitrogens with zero attached hydrogens (tertiary/aromatic N) is 1. The second kappa shape index (κ2) is 7.01. The number of hydrogen-bond donors (Lipinski definition) is 2. The molecule has 1 aliphatic rings. The van der Waals surface area contributed by atoms with Crippen molar-refractivity contribution in [3.63, 3.8) is 0 Å². The molecule has 6 heteroatoms. The Morgan fingerprint density at radius 2 is 2.22 bits per heavy atom. The van der Waals surface area contributed by atoms with Crippen LogP contribution >= 0.6 is 12.2 Å². The van der Waals surface area contributed by atoms with Crippen molar-refractivity contribution in [2.45, 2.75) is 32.9 Å². The summed E-state index contributed by atoms with van der Waals surface area (Å²) in [4.78, 5) is 14.4. The van der Waals surface area contributed by atoms with Crippen molar-refractivity contribution in [2.24, 2.45) is 11.7 Å². The summed E-state index contributed by atoms with van der Waals surface area (Å²) < 4.78 is 5.46. The molecule has 18 heavy (non-hydrogen) atoms. The van der Waals surface area contributed by atoms with Gasteiger partial charge in [-0.05, 0) is 12.8 Å².